The Balaban J connectivity index is 1.89. The third-order valence-electron chi connectivity index (χ3n) is 4.67. The first-order valence-electron chi connectivity index (χ1n) is 8.42. The number of nitrogens with zero attached hydrogens (tertiary/aromatic N) is 1. The molecule has 8 heteroatoms. The van der Waals surface area contributed by atoms with Crippen LogP contribution in [0.3, 0.4) is 0 Å². The lowest BCUT2D eigenvalue weighted by Crippen LogP contribution is -2.33. The van der Waals surface area contributed by atoms with E-state index in [0.717, 1.165) is 0 Å². The number of halogens is 2. The minimum Gasteiger partial charge on any atom is -0.496 e. The van der Waals surface area contributed by atoms with Crippen molar-refractivity contribution in [2.45, 2.75) is 11.7 Å². The van der Waals surface area contributed by atoms with Gasteiger partial charge in [-0.25, -0.2) is 12.8 Å². The van der Waals surface area contributed by atoms with Gasteiger partial charge in [0, 0.05) is 23.7 Å². The number of hydrogen-bond donors (Lipinski definition) is 0. The van der Waals surface area contributed by atoms with Gasteiger partial charge in [-0.3, -0.25) is 4.79 Å². The van der Waals surface area contributed by atoms with Crippen LogP contribution in [0.4, 0.5) is 4.39 Å². The van der Waals surface area contributed by atoms with Crippen molar-refractivity contribution in [1.29, 1.82) is 0 Å². The smallest absolute Gasteiger partial charge is 0.257 e. The second-order valence-corrected chi connectivity index (χ2v) is 9.04. The van der Waals surface area contributed by atoms with E-state index in [1.54, 1.807) is 18.2 Å². The van der Waals surface area contributed by atoms with E-state index in [1.807, 2.05) is 0 Å². The zero-order valence-electron chi connectivity index (χ0n) is 14.7. The van der Waals surface area contributed by atoms with Gasteiger partial charge in [-0.15, -0.1) is 0 Å². The summed E-state index contributed by atoms with van der Waals surface area (Å²) in [6.07, 6.45) is 0.123. The molecular weight excluding hydrogens is 393 g/mol. The normalized spacial score (nSPS) is 19.4. The van der Waals surface area contributed by atoms with Crippen LogP contribution >= 0.6 is 11.6 Å². The fourth-order valence-corrected chi connectivity index (χ4v) is 5.22. The van der Waals surface area contributed by atoms with E-state index < -0.39 is 20.9 Å². The molecule has 1 heterocycles. The molecule has 0 spiro atoms. The maximum atomic E-state index is 14.1. The summed E-state index contributed by atoms with van der Waals surface area (Å²) >= 11 is 5.99. The van der Waals surface area contributed by atoms with Gasteiger partial charge < -0.3 is 9.64 Å². The quantitative estimate of drug-likeness (QED) is 0.775. The van der Waals surface area contributed by atoms with Crippen molar-refractivity contribution in [3.05, 3.63) is 64.4 Å². The lowest BCUT2D eigenvalue weighted by atomic mass is 10.1. The highest BCUT2D eigenvalue weighted by Gasteiger charge is 2.34. The molecule has 1 atom stereocenters. The van der Waals surface area contributed by atoms with Crippen molar-refractivity contribution in [2.24, 2.45) is 0 Å². The maximum absolute atomic E-state index is 14.1. The fourth-order valence-electron chi connectivity index (χ4n) is 3.25. The largest absolute Gasteiger partial charge is 0.496 e. The van der Waals surface area contributed by atoms with E-state index in [-0.39, 0.29) is 42.3 Å². The minimum absolute atomic E-state index is 0.0296. The summed E-state index contributed by atoms with van der Waals surface area (Å²) in [5.41, 5.74) is 0.416. The zero-order chi connectivity index (χ0) is 19.6. The van der Waals surface area contributed by atoms with Crippen molar-refractivity contribution >= 4 is 27.3 Å². The van der Waals surface area contributed by atoms with E-state index in [4.69, 9.17) is 16.3 Å². The number of methoxy groups -OCH3 is 1. The van der Waals surface area contributed by atoms with E-state index in [0.29, 0.717) is 10.8 Å². The molecule has 1 fully saturated rings. The molecule has 1 saturated heterocycles. The average molecular weight is 412 g/mol. The minimum atomic E-state index is -3.60. The van der Waals surface area contributed by atoms with Crippen LogP contribution in [0, 0.1) is 5.82 Å². The summed E-state index contributed by atoms with van der Waals surface area (Å²) in [7, 11) is -2.15. The van der Waals surface area contributed by atoms with Crippen molar-refractivity contribution < 1.29 is 22.3 Å². The van der Waals surface area contributed by atoms with Gasteiger partial charge in [-0.05, 0) is 30.7 Å². The molecule has 2 aromatic carbocycles. The molecule has 3 rings (SSSR count). The fraction of sp³-hybridized carbons (Fsp3) is 0.316. The number of carbonyl (C=O) groups excluding carboxylic acids is 1. The number of benzene rings is 2. The highest BCUT2D eigenvalue weighted by atomic mass is 35.5. The van der Waals surface area contributed by atoms with Gasteiger partial charge in [0.2, 0.25) is 0 Å². The third-order valence-corrected chi connectivity index (χ3v) is 7.01. The summed E-state index contributed by atoms with van der Waals surface area (Å²) in [4.78, 5) is 14.4. The summed E-state index contributed by atoms with van der Waals surface area (Å²) in [6.45, 7) is 0.217. The lowest BCUT2D eigenvalue weighted by molar-refractivity contribution is 0.0763. The Kier molecular flexibility index (Phi) is 5.72. The van der Waals surface area contributed by atoms with Crippen LogP contribution in [0.15, 0.2) is 42.5 Å². The molecule has 144 valence electrons. The van der Waals surface area contributed by atoms with Crippen LogP contribution in [-0.4, -0.2) is 45.2 Å². The Bertz CT molecular complexity index is 964. The Morgan fingerprint density at radius 1 is 1.22 bits per heavy atom. The predicted molar refractivity (Wildman–Crippen MR) is 101 cm³/mol. The maximum Gasteiger partial charge on any atom is 0.257 e. The van der Waals surface area contributed by atoms with Gasteiger partial charge >= 0.3 is 0 Å². The van der Waals surface area contributed by atoms with Crippen LogP contribution in [0.5, 0.6) is 5.75 Å². The van der Waals surface area contributed by atoms with Crippen LogP contribution in [0.1, 0.15) is 27.6 Å². The molecule has 27 heavy (non-hydrogen) atoms. The Morgan fingerprint density at radius 3 is 2.67 bits per heavy atom. The number of sulfone groups is 1. The number of carbonyl (C=O) groups is 1. The third kappa shape index (κ3) is 4.09. The molecule has 5 nitrogen and oxygen atoms in total. The van der Waals surface area contributed by atoms with E-state index in [2.05, 4.69) is 0 Å². The lowest BCUT2D eigenvalue weighted by Gasteiger charge is -2.21. The van der Waals surface area contributed by atoms with Gasteiger partial charge in [0.25, 0.3) is 5.91 Å². The summed E-state index contributed by atoms with van der Waals surface area (Å²) in [5.74, 6) is -0.788. The number of rotatable bonds is 3. The van der Waals surface area contributed by atoms with Crippen LogP contribution in [0.2, 0.25) is 5.02 Å². The van der Waals surface area contributed by atoms with Gasteiger partial charge in [-0.2, -0.15) is 0 Å². The van der Waals surface area contributed by atoms with Gasteiger partial charge in [0.1, 0.15) is 11.6 Å². The van der Waals surface area contributed by atoms with E-state index in [1.165, 1.54) is 36.3 Å². The molecule has 2 aromatic rings. The summed E-state index contributed by atoms with van der Waals surface area (Å²) in [6, 6.07) is 10.5. The Hall–Kier alpha value is -2.12. The Morgan fingerprint density at radius 2 is 1.96 bits per heavy atom. The molecule has 0 radical (unpaired) electrons. The summed E-state index contributed by atoms with van der Waals surface area (Å²) < 4.78 is 44.7. The zero-order valence-corrected chi connectivity index (χ0v) is 16.3. The number of ether oxygens (including phenoxy) is 1. The molecule has 0 bridgehead atoms. The highest BCUT2D eigenvalue weighted by Crippen LogP contribution is 2.32. The topological polar surface area (TPSA) is 63.7 Å². The summed E-state index contributed by atoms with van der Waals surface area (Å²) in [5, 5.41) is -0.594. The molecule has 0 aromatic heterocycles. The number of amides is 1. The van der Waals surface area contributed by atoms with Crippen molar-refractivity contribution in [2.75, 3.05) is 26.0 Å². The van der Waals surface area contributed by atoms with Crippen molar-refractivity contribution in [1.82, 2.24) is 4.90 Å². The number of hydrogen-bond acceptors (Lipinski definition) is 4. The molecule has 1 aliphatic rings. The first-order valence-corrected chi connectivity index (χ1v) is 10.5. The van der Waals surface area contributed by atoms with Crippen molar-refractivity contribution in [3.63, 3.8) is 0 Å². The van der Waals surface area contributed by atoms with E-state index >= 15 is 0 Å². The molecule has 0 N–H and O–H groups in total. The molecule has 0 aliphatic carbocycles. The standard InChI is InChI=1S/C19H19ClFNO4S/c1-26-17-7-6-13(20)12-15(17)19(23)22-9-8-18(27(24,25)11-10-22)14-4-2-3-5-16(14)21/h2-7,12,18H,8-11H2,1H3. The van der Waals surface area contributed by atoms with Crippen LogP contribution in [-0.2, 0) is 9.84 Å². The van der Waals surface area contributed by atoms with E-state index in [9.17, 15) is 17.6 Å². The predicted octanol–water partition coefficient (Wildman–Crippen LogP) is 3.49. The second-order valence-electron chi connectivity index (χ2n) is 6.30. The molecular formula is C19H19ClFNO4S. The van der Waals surface area contributed by atoms with Gasteiger partial charge in [0.05, 0.1) is 23.7 Å². The molecule has 1 unspecified atom stereocenters. The van der Waals surface area contributed by atoms with Crippen molar-refractivity contribution in [3.8, 4) is 5.75 Å². The van der Waals surface area contributed by atoms with Gasteiger partial charge in [0.15, 0.2) is 9.84 Å². The molecule has 0 saturated carbocycles. The first kappa shape index (κ1) is 19.6. The molecule has 1 amide bonds. The van der Waals surface area contributed by atoms with Crippen LogP contribution in [0.25, 0.3) is 0 Å². The average Bonchev–Trinajstić information content (AvgIpc) is 2.80. The SMILES string of the molecule is COc1ccc(Cl)cc1C(=O)N1CCC(c2ccccc2F)S(=O)(=O)CC1. The Labute approximate surface area is 162 Å². The second kappa shape index (κ2) is 7.86. The molecule has 1 aliphatic heterocycles. The highest BCUT2D eigenvalue weighted by molar-refractivity contribution is 7.91. The van der Waals surface area contributed by atoms with Crippen LogP contribution < -0.4 is 4.74 Å². The monoisotopic (exact) mass is 411 g/mol. The first-order chi connectivity index (χ1) is 12.8. The van der Waals surface area contributed by atoms with Gasteiger partial charge in [-0.1, -0.05) is 29.8 Å².